The fourth-order valence-corrected chi connectivity index (χ4v) is 8.54. The zero-order chi connectivity index (χ0) is 38.2. The van der Waals surface area contributed by atoms with Crippen molar-refractivity contribution in [2.24, 2.45) is 10.4 Å². The molecule has 0 saturated carbocycles. The molecule has 0 unspecified atom stereocenters. The number of amides is 2. The summed E-state index contributed by atoms with van der Waals surface area (Å²) in [5.41, 5.74) is 10.2. The first-order valence-electron chi connectivity index (χ1n) is 19.6. The lowest BCUT2D eigenvalue weighted by Crippen LogP contribution is -2.43. The Balaban J connectivity index is 0.791. The molecule has 10 heteroatoms. The Kier molecular flexibility index (Phi) is 9.51. The van der Waals surface area contributed by atoms with Gasteiger partial charge in [0.2, 0.25) is 17.7 Å². The summed E-state index contributed by atoms with van der Waals surface area (Å²) in [5, 5.41) is 0. The minimum Gasteiger partial charge on any atom is -0.475 e. The summed E-state index contributed by atoms with van der Waals surface area (Å²) in [4.78, 5) is 51.7. The molecule has 1 atom stereocenters. The third-order valence-corrected chi connectivity index (χ3v) is 11.6. The maximum atomic E-state index is 14.1. The van der Waals surface area contributed by atoms with E-state index in [0.29, 0.717) is 45.1 Å². The van der Waals surface area contributed by atoms with Crippen molar-refractivity contribution in [1.29, 1.82) is 0 Å². The van der Waals surface area contributed by atoms with Gasteiger partial charge in [0.15, 0.2) is 5.82 Å². The highest BCUT2D eigenvalue weighted by Gasteiger charge is 2.51. The van der Waals surface area contributed by atoms with Crippen LogP contribution in [0.25, 0.3) is 28.1 Å². The number of anilines is 1. The van der Waals surface area contributed by atoms with Crippen molar-refractivity contribution < 1.29 is 14.3 Å². The number of pyridine rings is 1. The molecular weight excluding hydrogens is 699 g/mol. The van der Waals surface area contributed by atoms with Gasteiger partial charge in [-0.2, -0.15) is 0 Å². The average molecular weight is 744 g/mol. The fraction of sp³-hybridized carbons (Fsp3) is 0.304. The Labute approximate surface area is 327 Å². The van der Waals surface area contributed by atoms with Gasteiger partial charge in [-0.25, -0.2) is 15.0 Å². The molecule has 2 amide bonds. The van der Waals surface area contributed by atoms with E-state index < -0.39 is 5.41 Å². The van der Waals surface area contributed by atoms with E-state index in [9.17, 15) is 9.59 Å². The fourth-order valence-electron chi connectivity index (χ4n) is 8.54. The van der Waals surface area contributed by atoms with Crippen LogP contribution in [-0.4, -0.2) is 87.7 Å². The summed E-state index contributed by atoms with van der Waals surface area (Å²) in [7, 11) is 0. The zero-order valence-corrected chi connectivity index (χ0v) is 31.9. The van der Waals surface area contributed by atoms with Crippen LogP contribution in [0.2, 0.25) is 0 Å². The standard InChI is InChI=1S/C46H45N7O3/c1-31(2)56-41-15-13-38(28-49-41)43-40-26-39(14-12-37(40)27-50-43)53-25-19-46(45(53)55)18-24-51(30-46)29-42(54)52-22-16-35(17-23-52)34-6-4-32(5-7-34)33-8-10-36(11-9-33)44-47-20-3-21-48-44/h3-16,20-21,26,28,31H,17-19,22-25,27,29-30H2,1-2H3/t46-/m0/s1. The topological polar surface area (TPSA) is 104 Å². The van der Waals surface area contributed by atoms with E-state index in [1.54, 1.807) is 12.4 Å². The highest BCUT2D eigenvalue weighted by molar-refractivity contribution is 6.16. The molecule has 1 spiro atoms. The molecule has 0 radical (unpaired) electrons. The molecular formula is C46H45N7O3. The maximum Gasteiger partial charge on any atom is 0.237 e. The Morgan fingerprint density at radius 2 is 1.54 bits per heavy atom. The molecule has 0 bridgehead atoms. The summed E-state index contributed by atoms with van der Waals surface area (Å²) < 4.78 is 5.72. The van der Waals surface area contributed by atoms with E-state index >= 15 is 0 Å². The van der Waals surface area contributed by atoms with E-state index in [-0.39, 0.29) is 17.9 Å². The van der Waals surface area contributed by atoms with Gasteiger partial charge in [-0.15, -0.1) is 0 Å². The van der Waals surface area contributed by atoms with Gasteiger partial charge in [-0.3, -0.25) is 19.5 Å². The molecule has 56 heavy (non-hydrogen) atoms. The second-order valence-electron chi connectivity index (χ2n) is 15.6. The largest absolute Gasteiger partial charge is 0.475 e. The van der Waals surface area contributed by atoms with Crippen LogP contribution < -0.4 is 9.64 Å². The van der Waals surface area contributed by atoms with Crippen molar-refractivity contribution in [3.05, 3.63) is 132 Å². The number of ether oxygens (including phenoxy) is 1. The van der Waals surface area contributed by atoms with Crippen molar-refractivity contribution >= 4 is 28.8 Å². The van der Waals surface area contributed by atoms with Crippen LogP contribution in [0, 0.1) is 5.41 Å². The molecule has 2 fully saturated rings. The number of carbonyl (C=O) groups is 2. The van der Waals surface area contributed by atoms with Crippen LogP contribution in [0.1, 0.15) is 55.4 Å². The third kappa shape index (κ3) is 7.01. The molecule has 10 nitrogen and oxygen atoms in total. The van der Waals surface area contributed by atoms with Gasteiger partial charge >= 0.3 is 0 Å². The number of rotatable bonds is 9. The van der Waals surface area contributed by atoms with Crippen LogP contribution >= 0.6 is 0 Å². The van der Waals surface area contributed by atoms with Gasteiger partial charge in [0.05, 0.1) is 30.3 Å². The lowest BCUT2D eigenvalue weighted by atomic mass is 9.85. The lowest BCUT2D eigenvalue weighted by molar-refractivity contribution is -0.132. The van der Waals surface area contributed by atoms with Gasteiger partial charge in [-0.05, 0) is 91.7 Å². The minimum atomic E-state index is -0.453. The van der Waals surface area contributed by atoms with Crippen molar-refractivity contribution in [1.82, 2.24) is 24.8 Å². The summed E-state index contributed by atoms with van der Waals surface area (Å²) in [5.74, 6) is 1.60. The van der Waals surface area contributed by atoms with Gasteiger partial charge in [0.25, 0.3) is 0 Å². The van der Waals surface area contributed by atoms with Crippen LogP contribution in [0.15, 0.2) is 115 Å². The summed E-state index contributed by atoms with van der Waals surface area (Å²) >= 11 is 0. The van der Waals surface area contributed by atoms with Gasteiger partial charge in [0.1, 0.15) is 0 Å². The van der Waals surface area contributed by atoms with Crippen molar-refractivity contribution in [3.8, 4) is 28.4 Å². The molecule has 6 heterocycles. The highest BCUT2D eigenvalue weighted by Crippen LogP contribution is 2.43. The lowest BCUT2D eigenvalue weighted by Gasteiger charge is -2.29. The summed E-state index contributed by atoms with van der Waals surface area (Å²) in [6, 6.07) is 28.9. The number of carbonyl (C=O) groups excluding carboxylic acids is 2. The monoisotopic (exact) mass is 743 g/mol. The number of fused-ring (bicyclic) bond motifs is 1. The molecule has 3 aromatic carbocycles. The molecule has 9 rings (SSSR count). The Bertz CT molecular complexity index is 2320. The third-order valence-electron chi connectivity index (χ3n) is 11.6. The number of nitrogens with zero attached hydrogens (tertiary/aromatic N) is 7. The maximum absolute atomic E-state index is 14.1. The number of likely N-dealkylation sites (tertiary alicyclic amines) is 1. The van der Waals surface area contributed by atoms with Crippen LogP contribution in [-0.2, 0) is 16.1 Å². The second kappa shape index (κ2) is 14.9. The van der Waals surface area contributed by atoms with E-state index in [1.807, 2.05) is 48.0 Å². The Morgan fingerprint density at radius 1 is 0.821 bits per heavy atom. The zero-order valence-electron chi connectivity index (χ0n) is 31.9. The molecule has 2 saturated heterocycles. The first-order valence-corrected chi connectivity index (χ1v) is 19.6. The summed E-state index contributed by atoms with van der Waals surface area (Å²) in [6.07, 6.45) is 9.94. The first kappa shape index (κ1) is 35.7. The predicted octanol–water partition coefficient (Wildman–Crippen LogP) is 7.09. The molecule has 0 N–H and O–H groups in total. The molecule has 282 valence electrons. The smallest absolute Gasteiger partial charge is 0.237 e. The SMILES string of the molecule is CC(C)Oc1ccc(C2=NCc3ccc(N4CC[C@]5(CCN(CC(=O)N6CC=C(c7ccc(-c8ccc(-c9ncccn9)cc8)cc7)CC6)C5)C4=O)cc32)cn1. The van der Waals surface area contributed by atoms with Crippen LogP contribution in [0.4, 0.5) is 5.69 Å². The molecule has 4 aliphatic rings. The average Bonchev–Trinajstić information content (AvgIpc) is 3.95. The second-order valence-corrected chi connectivity index (χ2v) is 15.6. The Hall–Kier alpha value is -6.00. The van der Waals surface area contributed by atoms with E-state index in [2.05, 4.69) is 92.7 Å². The van der Waals surface area contributed by atoms with Gasteiger partial charge in [-0.1, -0.05) is 60.7 Å². The quantitative estimate of drug-likeness (QED) is 0.159. The molecule has 2 aromatic heterocycles. The molecule has 4 aliphatic heterocycles. The van der Waals surface area contributed by atoms with Gasteiger partial charge in [0, 0.05) is 73.2 Å². The number of benzene rings is 3. The van der Waals surface area contributed by atoms with Crippen LogP contribution in [0.3, 0.4) is 0 Å². The number of hydrogen-bond acceptors (Lipinski definition) is 8. The van der Waals surface area contributed by atoms with Crippen LogP contribution in [0.5, 0.6) is 5.88 Å². The van der Waals surface area contributed by atoms with E-state index in [4.69, 9.17) is 9.73 Å². The predicted molar refractivity (Wildman–Crippen MR) is 218 cm³/mol. The van der Waals surface area contributed by atoms with Crippen molar-refractivity contribution in [3.63, 3.8) is 0 Å². The first-order chi connectivity index (χ1) is 27.3. The number of aliphatic imine (C=N–C) groups is 1. The number of aromatic nitrogens is 3. The highest BCUT2D eigenvalue weighted by atomic mass is 16.5. The minimum absolute atomic E-state index is 0.0552. The normalized spacial score (nSPS) is 19.4. The van der Waals surface area contributed by atoms with E-state index in [0.717, 1.165) is 76.4 Å². The molecule has 0 aliphatic carbocycles. The summed E-state index contributed by atoms with van der Waals surface area (Å²) in [6.45, 7) is 8.24. The van der Waals surface area contributed by atoms with Crippen molar-refractivity contribution in [2.75, 3.05) is 44.2 Å². The van der Waals surface area contributed by atoms with Crippen molar-refractivity contribution in [2.45, 2.75) is 45.8 Å². The Morgan fingerprint density at radius 3 is 2.23 bits per heavy atom. The van der Waals surface area contributed by atoms with Gasteiger partial charge < -0.3 is 14.5 Å². The molecule has 5 aromatic rings. The number of hydrogen-bond donors (Lipinski definition) is 0. The van der Waals surface area contributed by atoms with E-state index in [1.165, 1.54) is 11.1 Å².